The van der Waals surface area contributed by atoms with Crippen molar-refractivity contribution in [1.29, 1.82) is 0 Å². The molecule has 2 saturated heterocycles. The Morgan fingerprint density at radius 2 is 1.76 bits per heavy atom. The van der Waals surface area contributed by atoms with Crippen LogP contribution in [0.5, 0.6) is 11.5 Å². The fourth-order valence-electron chi connectivity index (χ4n) is 3.65. The van der Waals surface area contributed by atoms with Crippen LogP contribution in [0.2, 0.25) is 0 Å². The third kappa shape index (κ3) is 9.26. The number of nitrogens with zero attached hydrogens (tertiary/aromatic N) is 1. The van der Waals surface area contributed by atoms with Gasteiger partial charge in [-0.15, -0.1) is 0 Å². The number of amides is 2. The number of carboxylic acid groups (broad SMARTS) is 1. The molecule has 2 aliphatic rings. The highest BCUT2D eigenvalue weighted by molar-refractivity contribution is 7.81. The van der Waals surface area contributed by atoms with E-state index in [2.05, 4.69) is 9.50 Å². The van der Waals surface area contributed by atoms with Crippen molar-refractivity contribution in [2.24, 2.45) is 0 Å². The molecule has 192 valence electrons. The first-order valence-corrected chi connectivity index (χ1v) is 12.6. The van der Waals surface area contributed by atoms with E-state index in [4.69, 9.17) is 9.84 Å². The molecule has 2 amide bonds. The van der Waals surface area contributed by atoms with E-state index in [-0.39, 0.29) is 36.8 Å². The molecule has 0 spiro atoms. The van der Waals surface area contributed by atoms with Crippen LogP contribution in [-0.2, 0) is 24.9 Å². The number of carboxylic acids is 1. The molecule has 0 radical (unpaired) electrons. The largest absolute Gasteiger partial charge is 0.488 e. The minimum atomic E-state index is -5.30. The molecule has 0 aliphatic carbocycles. The molecule has 1 unspecified atom stereocenters. The van der Waals surface area contributed by atoms with Crippen molar-refractivity contribution < 1.29 is 40.7 Å². The van der Waals surface area contributed by atoms with Crippen molar-refractivity contribution in [3.63, 3.8) is 0 Å². The second kappa shape index (κ2) is 13.9. The highest BCUT2D eigenvalue weighted by atomic mass is 32.3. The SMILES string of the molecule is CC.CC.O=C(O)CN1CCC(c2ccc(OC3CCC(=O)NC3=O)cc2OS(=O)(=O)F)CC1. The van der Waals surface area contributed by atoms with Gasteiger partial charge in [-0.25, -0.2) is 0 Å². The first-order valence-electron chi connectivity index (χ1n) is 11.3. The van der Waals surface area contributed by atoms with Crippen LogP contribution in [0.4, 0.5) is 3.89 Å². The van der Waals surface area contributed by atoms with E-state index < -0.39 is 34.4 Å². The van der Waals surface area contributed by atoms with Crippen molar-refractivity contribution in [2.45, 2.75) is 65.4 Å². The summed E-state index contributed by atoms with van der Waals surface area (Å²) in [5, 5.41) is 11.0. The number of carbonyl (C=O) groups is 3. The van der Waals surface area contributed by atoms with Gasteiger partial charge in [-0.1, -0.05) is 37.6 Å². The number of likely N-dealkylation sites (tertiary alicyclic amines) is 1. The standard InChI is InChI=1S/C18H21FN2O8S.2C2H6/c19-30(26,27)29-15-9-12(28-14-3-4-16(22)20-18(14)25)1-2-13(15)11-5-7-21(8-6-11)10-17(23)24;2*1-2/h1-2,9,11,14H,3-8,10H2,(H,23,24)(H,20,22,25);2*1-2H3. The van der Waals surface area contributed by atoms with Crippen LogP contribution >= 0.6 is 0 Å². The summed E-state index contributed by atoms with van der Waals surface area (Å²) in [7, 11) is -5.30. The zero-order chi connectivity index (χ0) is 25.9. The van der Waals surface area contributed by atoms with Crippen molar-refractivity contribution >= 4 is 28.3 Å². The Morgan fingerprint density at radius 1 is 1.15 bits per heavy atom. The van der Waals surface area contributed by atoms with Gasteiger partial charge in [-0.05, 0) is 43.5 Å². The van der Waals surface area contributed by atoms with Gasteiger partial charge in [0.05, 0.1) is 6.54 Å². The number of ether oxygens (including phenoxy) is 1. The molecular formula is C22H33FN2O8S. The van der Waals surface area contributed by atoms with Crippen molar-refractivity contribution in [3.05, 3.63) is 23.8 Å². The first kappa shape index (κ1) is 29.3. The van der Waals surface area contributed by atoms with E-state index in [1.54, 1.807) is 11.0 Å². The Hall–Kier alpha value is -2.73. The monoisotopic (exact) mass is 504 g/mol. The molecule has 0 bridgehead atoms. The molecule has 10 nitrogen and oxygen atoms in total. The summed E-state index contributed by atoms with van der Waals surface area (Å²) in [5.41, 5.74) is 0.446. The van der Waals surface area contributed by atoms with E-state index in [0.717, 1.165) is 0 Å². The number of nitrogens with one attached hydrogen (secondary N) is 1. The molecule has 2 N–H and O–H groups in total. The van der Waals surface area contributed by atoms with Crippen LogP contribution < -0.4 is 14.2 Å². The number of hydrogen-bond donors (Lipinski definition) is 2. The average Bonchev–Trinajstić information content (AvgIpc) is 2.78. The number of halogens is 1. The van der Waals surface area contributed by atoms with Crippen LogP contribution in [0, 0.1) is 0 Å². The van der Waals surface area contributed by atoms with E-state index in [1.807, 2.05) is 27.7 Å². The van der Waals surface area contributed by atoms with Gasteiger partial charge in [0.15, 0.2) is 11.9 Å². The number of piperidine rings is 2. The summed E-state index contributed by atoms with van der Waals surface area (Å²) < 4.78 is 45.5. The highest BCUT2D eigenvalue weighted by Gasteiger charge is 2.30. The minimum absolute atomic E-state index is 0.0896. The number of rotatable bonds is 7. The highest BCUT2D eigenvalue weighted by Crippen LogP contribution is 2.37. The van der Waals surface area contributed by atoms with E-state index in [9.17, 15) is 26.7 Å². The maximum absolute atomic E-state index is 13.3. The fourth-order valence-corrected chi connectivity index (χ4v) is 4.01. The van der Waals surface area contributed by atoms with Crippen LogP contribution in [0.1, 0.15) is 64.9 Å². The molecule has 2 aliphatic heterocycles. The van der Waals surface area contributed by atoms with E-state index in [1.165, 1.54) is 12.1 Å². The summed E-state index contributed by atoms with van der Waals surface area (Å²) in [6.07, 6.45) is 0.382. The number of aliphatic carboxylic acids is 1. The molecule has 3 rings (SSSR count). The minimum Gasteiger partial charge on any atom is -0.480 e. The summed E-state index contributed by atoms with van der Waals surface area (Å²) in [6.45, 7) is 8.87. The third-order valence-corrected chi connectivity index (χ3v) is 5.41. The molecular weight excluding hydrogens is 471 g/mol. The van der Waals surface area contributed by atoms with Gasteiger partial charge in [0.1, 0.15) is 5.75 Å². The normalized spacial score (nSPS) is 19.0. The quantitative estimate of drug-likeness (QED) is 0.424. The van der Waals surface area contributed by atoms with Crippen LogP contribution in [0.25, 0.3) is 0 Å². The molecule has 12 heteroatoms. The smallest absolute Gasteiger partial charge is 0.480 e. The Kier molecular flexibility index (Phi) is 11.9. The average molecular weight is 505 g/mol. The Labute approximate surface area is 199 Å². The van der Waals surface area contributed by atoms with Crippen molar-refractivity contribution in [2.75, 3.05) is 19.6 Å². The van der Waals surface area contributed by atoms with E-state index >= 15 is 0 Å². The molecule has 0 saturated carbocycles. The molecule has 1 atom stereocenters. The van der Waals surface area contributed by atoms with Gasteiger partial charge >= 0.3 is 16.5 Å². The molecule has 1 aromatic carbocycles. The third-order valence-electron chi connectivity index (χ3n) is 5.03. The van der Waals surface area contributed by atoms with Crippen molar-refractivity contribution in [1.82, 2.24) is 10.2 Å². The molecule has 2 fully saturated rings. The Morgan fingerprint density at radius 3 is 2.29 bits per heavy atom. The summed E-state index contributed by atoms with van der Waals surface area (Å²) >= 11 is 0. The van der Waals surface area contributed by atoms with Gasteiger partial charge < -0.3 is 14.0 Å². The number of carbonyl (C=O) groups excluding carboxylic acids is 2. The number of benzene rings is 1. The van der Waals surface area contributed by atoms with Gasteiger partial charge in [-0.3, -0.25) is 24.6 Å². The Bertz CT molecular complexity index is 946. The molecule has 34 heavy (non-hydrogen) atoms. The zero-order valence-corrected chi connectivity index (χ0v) is 20.7. The second-order valence-corrected chi connectivity index (χ2v) is 8.13. The van der Waals surface area contributed by atoms with E-state index in [0.29, 0.717) is 31.5 Å². The van der Waals surface area contributed by atoms with Gasteiger partial charge in [0.2, 0.25) is 5.91 Å². The van der Waals surface area contributed by atoms with Crippen LogP contribution in [-0.4, -0.2) is 61.9 Å². The molecule has 1 aromatic rings. The predicted octanol–water partition coefficient (Wildman–Crippen LogP) is 2.78. The lowest BCUT2D eigenvalue weighted by molar-refractivity contribution is -0.139. The fraction of sp³-hybridized carbons (Fsp3) is 0.591. The lowest BCUT2D eigenvalue weighted by Crippen LogP contribution is -2.46. The lowest BCUT2D eigenvalue weighted by Gasteiger charge is -2.31. The Balaban J connectivity index is 0.00000137. The van der Waals surface area contributed by atoms with Gasteiger partial charge in [0.25, 0.3) is 5.91 Å². The molecule has 0 aromatic heterocycles. The lowest BCUT2D eigenvalue weighted by atomic mass is 9.88. The summed E-state index contributed by atoms with van der Waals surface area (Å²) in [5.74, 6) is -2.28. The number of hydrogen-bond acceptors (Lipinski definition) is 8. The van der Waals surface area contributed by atoms with Gasteiger partial charge in [-0.2, -0.15) is 8.42 Å². The van der Waals surface area contributed by atoms with Crippen LogP contribution in [0.3, 0.4) is 0 Å². The first-order chi connectivity index (χ1) is 16.1. The van der Waals surface area contributed by atoms with Gasteiger partial charge in [0, 0.05) is 18.9 Å². The summed E-state index contributed by atoms with van der Waals surface area (Å²) in [6, 6.07) is 4.25. The summed E-state index contributed by atoms with van der Waals surface area (Å²) in [4.78, 5) is 35.7. The maximum Gasteiger partial charge on any atom is 0.488 e. The predicted molar refractivity (Wildman–Crippen MR) is 123 cm³/mol. The number of imide groups is 1. The van der Waals surface area contributed by atoms with Crippen LogP contribution in [0.15, 0.2) is 18.2 Å². The second-order valence-electron chi connectivity index (χ2n) is 7.18. The zero-order valence-electron chi connectivity index (χ0n) is 19.9. The molecule has 2 heterocycles. The maximum atomic E-state index is 13.3. The topological polar surface area (TPSA) is 139 Å². The van der Waals surface area contributed by atoms with Crippen molar-refractivity contribution in [3.8, 4) is 11.5 Å².